The average Bonchev–Trinajstić information content (AvgIpc) is 3.11. The highest BCUT2D eigenvalue weighted by atomic mass is 32.2. The van der Waals surface area contributed by atoms with E-state index in [1.807, 2.05) is 42.5 Å². The van der Waals surface area contributed by atoms with Crippen molar-refractivity contribution >= 4 is 51.0 Å². The van der Waals surface area contributed by atoms with Gasteiger partial charge in [0.15, 0.2) is 4.80 Å². The molecule has 1 amide bonds. The highest BCUT2D eigenvalue weighted by molar-refractivity contribution is 7.99. The molecular formula is C22H26N2O3S3. The third-order valence-electron chi connectivity index (χ3n) is 4.49. The number of methoxy groups -OCH3 is 2. The fraction of sp³-hybridized carbons (Fsp3) is 0.364. The third kappa shape index (κ3) is 6.06. The summed E-state index contributed by atoms with van der Waals surface area (Å²) in [5.41, 5.74) is 1.06. The van der Waals surface area contributed by atoms with Gasteiger partial charge in [-0.25, -0.2) is 0 Å². The number of hydrogen-bond acceptors (Lipinski definition) is 6. The molecule has 0 aliphatic heterocycles. The minimum Gasteiger partial charge on any atom is -0.497 e. The molecule has 0 saturated heterocycles. The van der Waals surface area contributed by atoms with Gasteiger partial charge in [-0.15, -0.1) is 11.8 Å². The van der Waals surface area contributed by atoms with E-state index in [0.29, 0.717) is 6.42 Å². The van der Waals surface area contributed by atoms with Gasteiger partial charge in [0.2, 0.25) is 5.91 Å². The Bertz CT molecular complexity index is 1040. The second kappa shape index (κ2) is 11.5. The molecular weight excluding hydrogens is 436 g/mol. The lowest BCUT2D eigenvalue weighted by atomic mass is 10.3. The first kappa shape index (κ1) is 22.8. The van der Waals surface area contributed by atoms with Crippen molar-refractivity contribution in [1.29, 1.82) is 0 Å². The molecule has 0 aliphatic carbocycles. The fourth-order valence-corrected chi connectivity index (χ4v) is 5.18. The molecule has 0 radical (unpaired) electrons. The second-order valence-corrected chi connectivity index (χ2v) is 9.66. The maximum Gasteiger partial charge on any atom is 0.248 e. The Kier molecular flexibility index (Phi) is 8.72. The van der Waals surface area contributed by atoms with Gasteiger partial charge in [-0.1, -0.05) is 11.3 Å². The van der Waals surface area contributed by atoms with Gasteiger partial charge in [-0.05, 0) is 54.8 Å². The molecule has 0 unspecified atom stereocenters. The maximum atomic E-state index is 12.5. The monoisotopic (exact) mass is 462 g/mol. The van der Waals surface area contributed by atoms with Crippen LogP contribution in [0.25, 0.3) is 10.2 Å². The molecule has 1 heterocycles. The van der Waals surface area contributed by atoms with E-state index in [1.54, 1.807) is 49.1 Å². The smallest absolute Gasteiger partial charge is 0.248 e. The summed E-state index contributed by atoms with van der Waals surface area (Å²) in [6.07, 6.45) is 3.32. The number of fused-ring (bicyclic) bond motifs is 1. The number of aromatic nitrogens is 1. The number of rotatable bonds is 10. The van der Waals surface area contributed by atoms with E-state index in [9.17, 15) is 4.79 Å². The van der Waals surface area contributed by atoms with Gasteiger partial charge in [-0.2, -0.15) is 16.8 Å². The summed E-state index contributed by atoms with van der Waals surface area (Å²) < 4.78 is 13.8. The summed E-state index contributed by atoms with van der Waals surface area (Å²) in [5, 5.41) is 0. The highest BCUT2D eigenvalue weighted by Gasteiger charge is 2.09. The van der Waals surface area contributed by atoms with Crippen LogP contribution in [0.15, 0.2) is 52.4 Å². The molecule has 0 N–H and O–H groups in total. The van der Waals surface area contributed by atoms with Crippen molar-refractivity contribution in [3.05, 3.63) is 47.3 Å². The maximum absolute atomic E-state index is 12.5. The molecule has 3 rings (SSSR count). The van der Waals surface area contributed by atoms with Gasteiger partial charge in [-0.3, -0.25) is 4.79 Å². The minimum atomic E-state index is -0.0678. The van der Waals surface area contributed by atoms with Gasteiger partial charge in [0.25, 0.3) is 0 Å². The average molecular weight is 463 g/mol. The number of benzene rings is 2. The molecule has 0 bridgehead atoms. The van der Waals surface area contributed by atoms with Crippen molar-refractivity contribution in [2.75, 3.05) is 32.0 Å². The van der Waals surface area contributed by atoms with Gasteiger partial charge in [0, 0.05) is 29.7 Å². The van der Waals surface area contributed by atoms with Crippen LogP contribution in [0.5, 0.6) is 11.5 Å². The molecule has 160 valence electrons. The van der Waals surface area contributed by atoms with E-state index in [-0.39, 0.29) is 5.91 Å². The third-order valence-corrected chi connectivity index (χ3v) is 7.24. The Labute approximate surface area is 189 Å². The highest BCUT2D eigenvalue weighted by Crippen LogP contribution is 2.24. The zero-order chi connectivity index (χ0) is 21.3. The lowest BCUT2D eigenvalue weighted by Gasteiger charge is -2.05. The van der Waals surface area contributed by atoms with Crippen molar-refractivity contribution in [2.45, 2.75) is 24.3 Å². The molecule has 3 aromatic rings. The molecule has 1 aromatic heterocycles. The predicted octanol–water partition coefficient (Wildman–Crippen LogP) is 5.08. The number of amides is 1. The van der Waals surface area contributed by atoms with E-state index < -0.39 is 0 Å². The first-order chi connectivity index (χ1) is 14.6. The molecule has 2 aromatic carbocycles. The number of carbonyl (C=O) groups excluding carboxylic acids is 1. The SMILES string of the molecule is COc1ccc(SCCCC(=O)N=c2sc3ccc(OC)cc3n2CCSC)cc1. The van der Waals surface area contributed by atoms with Gasteiger partial charge in [0.1, 0.15) is 11.5 Å². The first-order valence-electron chi connectivity index (χ1n) is 9.65. The van der Waals surface area contributed by atoms with Crippen molar-refractivity contribution in [2.24, 2.45) is 4.99 Å². The Hall–Kier alpha value is -1.90. The second-order valence-electron chi connectivity index (χ2n) is 6.50. The van der Waals surface area contributed by atoms with Gasteiger partial charge in [0.05, 0.1) is 24.4 Å². The summed E-state index contributed by atoms with van der Waals surface area (Å²) in [7, 11) is 3.33. The minimum absolute atomic E-state index is 0.0678. The van der Waals surface area contributed by atoms with Crippen LogP contribution in [0.3, 0.4) is 0 Å². The standard InChI is InChI=1S/C22H26N2O3S3/c1-26-16-6-9-18(10-7-16)29-13-4-5-21(25)23-22-24(12-14-28-3)19-15-17(27-2)8-11-20(19)30-22/h6-11,15H,4-5,12-14H2,1-3H3. The number of ether oxygens (including phenoxy) is 2. The molecule has 0 spiro atoms. The van der Waals surface area contributed by atoms with E-state index in [2.05, 4.69) is 15.8 Å². The summed E-state index contributed by atoms with van der Waals surface area (Å²) in [6, 6.07) is 14.0. The Morgan fingerprint density at radius 1 is 1.07 bits per heavy atom. The van der Waals surface area contributed by atoms with Crippen LogP contribution in [0.4, 0.5) is 0 Å². The van der Waals surface area contributed by atoms with Crippen molar-refractivity contribution in [1.82, 2.24) is 4.57 Å². The molecule has 0 aliphatic rings. The number of aryl methyl sites for hydroxylation is 1. The Morgan fingerprint density at radius 3 is 2.50 bits per heavy atom. The van der Waals surface area contributed by atoms with Crippen LogP contribution in [-0.4, -0.2) is 42.5 Å². The van der Waals surface area contributed by atoms with Crippen LogP contribution in [-0.2, 0) is 11.3 Å². The summed E-state index contributed by atoms with van der Waals surface area (Å²) in [6.45, 7) is 0.813. The van der Waals surface area contributed by atoms with E-state index >= 15 is 0 Å². The number of nitrogens with zero attached hydrogens (tertiary/aromatic N) is 2. The van der Waals surface area contributed by atoms with Crippen molar-refractivity contribution in [3.8, 4) is 11.5 Å². The molecule has 5 nitrogen and oxygen atoms in total. The van der Waals surface area contributed by atoms with Crippen LogP contribution in [0.2, 0.25) is 0 Å². The zero-order valence-electron chi connectivity index (χ0n) is 17.4. The normalized spacial score (nSPS) is 11.8. The lowest BCUT2D eigenvalue weighted by molar-refractivity contribution is -0.118. The van der Waals surface area contributed by atoms with E-state index in [1.165, 1.54) is 4.90 Å². The number of thiazole rings is 1. The molecule has 0 saturated carbocycles. The molecule has 30 heavy (non-hydrogen) atoms. The van der Waals surface area contributed by atoms with Crippen LogP contribution < -0.4 is 14.3 Å². The summed E-state index contributed by atoms with van der Waals surface area (Å²) in [5.74, 6) is 3.43. The predicted molar refractivity (Wildman–Crippen MR) is 128 cm³/mol. The quantitative estimate of drug-likeness (QED) is 0.311. The van der Waals surface area contributed by atoms with Crippen LogP contribution in [0, 0.1) is 0 Å². The first-order valence-corrected chi connectivity index (χ1v) is 12.8. The van der Waals surface area contributed by atoms with Crippen LogP contribution in [0.1, 0.15) is 12.8 Å². The topological polar surface area (TPSA) is 52.8 Å². The van der Waals surface area contributed by atoms with Crippen molar-refractivity contribution in [3.63, 3.8) is 0 Å². The summed E-state index contributed by atoms with van der Waals surface area (Å²) in [4.78, 5) is 18.9. The lowest BCUT2D eigenvalue weighted by Crippen LogP contribution is -2.18. The number of hydrogen-bond donors (Lipinski definition) is 0. The number of thioether (sulfide) groups is 2. The molecule has 0 fully saturated rings. The largest absolute Gasteiger partial charge is 0.497 e. The van der Waals surface area contributed by atoms with Gasteiger partial charge < -0.3 is 14.0 Å². The van der Waals surface area contributed by atoms with Crippen LogP contribution >= 0.6 is 34.9 Å². The Balaban J connectivity index is 1.66. The zero-order valence-corrected chi connectivity index (χ0v) is 19.9. The Morgan fingerprint density at radius 2 is 1.80 bits per heavy atom. The van der Waals surface area contributed by atoms with Gasteiger partial charge >= 0.3 is 0 Å². The molecule has 0 atom stereocenters. The van der Waals surface area contributed by atoms with E-state index in [0.717, 1.165) is 51.0 Å². The van der Waals surface area contributed by atoms with Crippen molar-refractivity contribution < 1.29 is 14.3 Å². The van der Waals surface area contributed by atoms with E-state index in [4.69, 9.17) is 9.47 Å². The molecule has 8 heteroatoms. The fourth-order valence-electron chi connectivity index (χ4n) is 2.91. The summed E-state index contributed by atoms with van der Waals surface area (Å²) >= 11 is 5.07. The number of carbonyl (C=O) groups is 1.